The van der Waals surface area contributed by atoms with Gasteiger partial charge >= 0.3 is 5.97 Å². The van der Waals surface area contributed by atoms with Crippen molar-refractivity contribution in [3.8, 4) is 0 Å². The molecule has 3 aliphatic heterocycles. The first-order chi connectivity index (χ1) is 17.9. The van der Waals surface area contributed by atoms with Crippen LogP contribution < -0.4 is 0 Å². The lowest BCUT2D eigenvalue weighted by molar-refractivity contribution is -0.169. The van der Waals surface area contributed by atoms with Crippen molar-refractivity contribution in [3.05, 3.63) is 0 Å². The van der Waals surface area contributed by atoms with E-state index in [1.54, 1.807) is 13.8 Å². The summed E-state index contributed by atoms with van der Waals surface area (Å²) in [6.45, 7) is 21.9. The van der Waals surface area contributed by atoms with Crippen LogP contribution in [0.2, 0.25) is 0 Å². The number of likely N-dealkylation sites (tertiary alicyclic amines) is 1. The Morgan fingerprint density at radius 3 is 2.13 bits per heavy atom. The average molecular weight is 555 g/mol. The average Bonchev–Trinajstić information content (AvgIpc) is 2.74. The number of carbonyl (C=O) groups excluding carboxylic acids is 2. The van der Waals surface area contributed by atoms with Gasteiger partial charge in [0.1, 0.15) is 12.0 Å². The highest BCUT2D eigenvalue weighted by molar-refractivity contribution is 6.03. The SMILES string of the molecule is CC(C)CN1CC([C@@H]2COC(=O)C(C)(C)C(=O)[C@H](C)C[C@](C)(O)C[C@@H](C)CN2C)C1.C[C@H]1C[C@@H](C)O[C@@H](O)C1. The minimum absolute atomic E-state index is 0.119. The molecule has 0 aromatic rings. The second-order valence-electron chi connectivity index (χ2n) is 14.4. The Balaban J connectivity index is 0.000000499. The highest BCUT2D eigenvalue weighted by atomic mass is 16.6. The van der Waals surface area contributed by atoms with Gasteiger partial charge in [0.05, 0.1) is 11.7 Å². The van der Waals surface area contributed by atoms with E-state index in [4.69, 9.17) is 14.6 Å². The molecule has 228 valence electrons. The van der Waals surface area contributed by atoms with E-state index in [1.165, 1.54) is 0 Å². The van der Waals surface area contributed by atoms with Crippen LogP contribution >= 0.6 is 0 Å². The molecule has 3 heterocycles. The Morgan fingerprint density at radius 2 is 1.59 bits per heavy atom. The van der Waals surface area contributed by atoms with Crippen LogP contribution in [0.3, 0.4) is 0 Å². The summed E-state index contributed by atoms with van der Waals surface area (Å²) in [6.07, 6.45) is 2.59. The summed E-state index contributed by atoms with van der Waals surface area (Å²) in [5.74, 6) is 0.948. The quantitative estimate of drug-likeness (QED) is 0.399. The van der Waals surface area contributed by atoms with E-state index in [2.05, 4.69) is 44.5 Å². The second kappa shape index (κ2) is 14.2. The maximum Gasteiger partial charge on any atom is 0.319 e. The molecule has 3 aliphatic rings. The fourth-order valence-corrected chi connectivity index (χ4v) is 6.86. The number of likely N-dealkylation sites (N-methyl/N-ethyl adjacent to an activating group) is 1. The molecule has 39 heavy (non-hydrogen) atoms. The molecule has 0 aliphatic carbocycles. The van der Waals surface area contributed by atoms with Crippen molar-refractivity contribution in [1.82, 2.24) is 9.80 Å². The molecular weight excluding hydrogens is 496 g/mol. The van der Waals surface area contributed by atoms with Gasteiger partial charge in [-0.1, -0.05) is 34.6 Å². The maximum absolute atomic E-state index is 13.0. The zero-order chi connectivity index (χ0) is 29.7. The summed E-state index contributed by atoms with van der Waals surface area (Å²) < 4.78 is 10.9. The monoisotopic (exact) mass is 554 g/mol. The van der Waals surface area contributed by atoms with Crippen LogP contribution in [0.25, 0.3) is 0 Å². The number of hydrogen-bond donors (Lipinski definition) is 2. The number of cyclic esters (lactones) is 1. The lowest BCUT2D eigenvalue weighted by Gasteiger charge is -2.47. The van der Waals surface area contributed by atoms with Gasteiger partial charge in [-0.2, -0.15) is 0 Å². The lowest BCUT2D eigenvalue weighted by Crippen LogP contribution is -2.58. The summed E-state index contributed by atoms with van der Waals surface area (Å²) in [7, 11) is 2.09. The first-order valence-electron chi connectivity index (χ1n) is 15.1. The molecule has 2 N–H and O–H groups in total. The first kappa shape index (κ1) is 34.1. The third-order valence-corrected chi connectivity index (χ3v) is 8.54. The predicted molar refractivity (Wildman–Crippen MR) is 154 cm³/mol. The van der Waals surface area contributed by atoms with E-state index in [-0.39, 0.29) is 23.8 Å². The number of nitrogens with zero attached hydrogens (tertiary/aromatic N) is 2. The topological polar surface area (TPSA) is 99.5 Å². The van der Waals surface area contributed by atoms with Crippen LogP contribution in [0.1, 0.15) is 88.0 Å². The molecule has 7 atom stereocenters. The van der Waals surface area contributed by atoms with Gasteiger partial charge in [-0.25, -0.2) is 0 Å². The Labute approximate surface area is 237 Å². The van der Waals surface area contributed by atoms with Gasteiger partial charge in [0.15, 0.2) is 12.1 Å². The van der Waals surface area contributed by atoms with E-state index in [0.29, 0.717) is 37.2 Å². The van der Waals surface area contributed by atoms with Crippen LogP contribution in [-0.2, 0) is 19.1 Å². The molecule has 0 radical (unpaired) electrons. The molecule has 0 aromatic carbocycles. The molecule has 0 unspecified atom stereocenters. The molecular formula is C31H58N2O6. The van der Waals surface area contributed by atoms with Crippen LogP contribution in [0, 0.1) is 35.0 Å². The van der Waals surface area contributed by atoms with E-state index in [9.17, 15) is 14.7 Å². The van der Waals surface area contributed by atoms with Gasteiger partial charge in [0, 0.05) is 50.5 Å². The lowest BCUT2D eigenvalue weighted by atomic mass is 9.76. The Hall–Kier alpha value is -1.06. The Morgan fingerprint density at radius 1 is 0.974 bits per heavy atom. The summed E-state index contributed by atoms with van der Waals surface area (Å²) >= 11 is 0. The van der Waals surface area contributed by atoms with Gasteiger partial charge < -0.3 is 24.6 Å². The van der Waals surface area contributed by atoms with Gasteiger partial charge in [-0.3, -0.25) is 14.5 Å². The number of ether oxygens (including phenoxy) is 2. The smallest absolute Gasteiger partial charge is 0.319 e. The van der Waals surface area contributed by atoms with Gasteiger partial charge in [-0.05, 0) is 71.8 Å². The number of aliphatic hydroxyl groups excluding tert-OH is 1. The molecule has 3 saturated heterocycles. The summed E-state index contributed by atoms with van der Waals surface area (Å²) in [5, 5.41) is 20.0. The van der Waals surface area contributed by atoms with E-state index in [1.807, 2.05) is 20.8 Å². The maximum atomic E-state index is 13.0. The number of Topliss-reactive ketones (excluding diaryl/α,β-unsaturated/α-hetero) is 1. The minimum atomic E-state index is -1.21. The van der Waals surface area contributed by atoms with E-state index in [0.717, 1.165) is 39.0 Å². The Kier molecular flexibility index (Phi) is 12.4. The number of ketones is 1. The zero-order valence-electron chi connectivity index (χ0n) is 26.4. The zero-order valence-corrected chi connectivity index (χ0v) is 26.4. The van der Waals surface area contributed by atoms with Crippen molar-refractivity contribution >= 4 is 11.8 Å². The fourth-order valence-electron chi connectivity index (χ4n) is 6.86. The van der Waals surface area contributed by atoms with Crippen molar-refractivity contribution in [1.29, 1.82) is 0 Å². The largest absolute Gasteiger partial charge is 0.463 e. The fraction of sp³-hybridized carbons (Fsp3) is 0.935. The number of esters is 1. The van der Waals surface area contributed by atoms with Crippen molar-refractivity contribution in [2.45, 2.75) is 112 Å². The number of rotatable bonds is 3. The molecule has 0 aromatic heterocycles. The summed E-state index contributed by atoms with van der Waals surface area (Å²) in [4.78, 5) is 30.6. The molecule has 8 nitrogen and oxygen atoms in total. The molecule has 0 bridgehead atoms. The summed E-state index contributed by atoms with van der Waals surface area (Å²) in [5.41, 5.74) is -2.15. The van der Waals surface area contributed by atoms with Crippen molar-refractivity contribution in [2.24, 2.45) is 35.0 Å². The van der Waals surface area contributed by atoms with E-state index >= 15 is 0 Å². The first-order valence-corrected chi connectivity index (χ1v) is 15.1. The van der Waals surface area contributed by atoms with E-state index < -0.39 is 29.2 Å². The van der Waals surface area contributed by atoms with Crippen molar-refractivity contribution < 1.29 is 29.3 Å². The molecule has 0 spiro atoms. The van der Waals surface area contributed by atoms with Crippen molar-refractivity contribution in [3.63, 3.8) is 0 Å². The Bertz CT molecular complexity index is 769. The standard InChI is InChI=1S/C24H44N2O4.C7H14O2/c1-16(2)11-26-13-19(14-26)20-15-30-22(28)23(5,6)21(27)18(4)10-24(7,29)9-17(3)12-25(20)8;1-5-3-6(2)9-7(8)4-5/h16-20,29H,9-15H2,1-8H3;5-8H,3-4H2,1-2H3/t17-,18-,20+,24-;5-,6+,7+/m10/s1. The van der Waals surface area contributed by atoms with Crippen LogP contribution in [0.15, 0.2) is 0 Å². The van der Waals surface area contributed by atoms with Crippen LogP contribution in [-0.4, -0.2) is 95.6 Å². The van der Waals surface area contributed by atoms with Gasteiger partial charge in [-0.15, -0.1) is 0 Å². The van der Waals surface area contributed by atoms with Crippen LogP contribution in [0.5, 0.6) is 0 Å². The number of carbonyl (C=O) groups is 2. The molecule has 8 heteroatoms. The van der Waals surface area contributed by atoms with Crippen LogP contribution in [0.4, 0.5) is 0 Å². The predicted octanol–water partition coefficient (Wildman–Crippen LogP) is 3.97. The number of hydrogen-bond acceptors (Lipinski definition) is 8. The van der Waals surface area contributed by atoms with Crippen molar-refractivity contribution in [2.75, 3.05) is 39.8 Å². The molecule has 0 saturated carbocycles. The second-order valence-corrected chi connectivity index (χ2v) is 14.4. The number of aliphatic hydroxyl groups is 2. The van der Waals surface area contributed by atoms with Gasteiger partial charge in [0.2, 0.25) is 0 Å². The molecule has 0 amide bonds. The summed E-state index contributed by atoms with van der Waals surface area (Å²) in [6, 6.07) is 0.119. The highest BCUT2D eigenvalue weighted by Gasteiger charge is 2.44. The van der Waals surface area contributed by atoms with Gasteiger partial charge in [0.25, 0.3) is 0 Å². The molecule has 3 rings (SSSR count). The normalized spacial score (nSPS) is 38.0. The highest BCUT2D eigenvalue weighted by Crippen LogP contribution is 2.33. The third kappa shape index (κ3) is 10.4. The minimum Gasteiger partial charge on any atom is -0.463 e. The molecule has 3 fully saturated rings. The third-order valence-electron chi connectivity index (χ3n) is 8.54.